The molecule has 1 saturated heterocycles. The largest absolute Gasteiger partial charge is 0.370 e. The zero-order valence-electron chi connectivity index (χ0n) is 11.2. The van der Waals surface area contributed by atoms with Crippen LogP contribution in [0.2, 0.25) is 0 Å². The molecule has 1 aromatic carbocycles. The maximum atomic E-state index is 13.2. The fourth-order valence-corrected chi connectivity index (χ4v) is 2.30. The number of hydrogen-bond donors (Lipinski definition) is 1. The highest BCUT2D eigenvalue weighted by Gasteiger charge is 2.28. The second-order valence-electron chi connectivity index (χ2n) is 4.98. The molecule has 1 heterocycles. The van der Waals surface area contributed by atoms with Gasteiger partial charge in [0.25, 0.3) is 5.91 Å². The molecule has 2 unspecified atom stereocenters. The van der Waals surface area contributed by atoms with Crippen LogP contribution < -0.4 is 5.73 Å². The van der Waals surface area contributed by atoms with Crippen LogP contribution in [0.25, 0.3) is 0 Å². The Morgan fingerprint density at radius 2 is 2.26 bits per heavy atom. The summed E-state index contributed by atoms with van der Waals surface area (Å²) in [4.78, 5) is 14.1. The van der Waals surface area contributed by atoms with Gasteiger partial charge in [-0.05, 0) is 37.6 Å². The summed E-state index contributed by atoms with van der Waals surface area (Å²) in [5.41, 5.74) is 6.58. The van der Waals surface area contributed by atoms with Crippen molar-refractivity contribution in [2.24, 2.45) is 5.73 Å². The summed E-state index contributed by atoms with van der Waals surface area (Å²) in [5.74, 6) is -0.400. The summed E-state index contributed by atoms with van der Waals surface area (Å²) in [6, 6.07) is 4.42. The SMILES string of the molecule is Cc1cc(C(=O)N2CC(C)OC(CN)C2)ccc1F. The van der Waals surface area contributed by atoms with Crippen molar-refractivity contribution >= 4 is 5.91 Å². The third kappa shape index (κ3) is 3.11. The standard InChI is InChI=1S/C14H19FN2O2/c1-9-5-11(3-4-13(9)15)14(18)17-7-10(2)19-12(6-16)8-17/h3-5,10,12H,6-8,16H2,1-2H3. The van der Waals surface area contributed by atoms with E-state index in [-0.39, 0.29) is 23.9 Å². The van der Waals surface area contributed by atoms with Crippen molar-refractivity contribution in [1.82, 2.24) is 4.90 Å². The minimum Gasteiger partial charge on any atom is -0.370 e. The Bertz CT molecular complexity index is 479. The fourth-order valence-electron chi connectivity index (χ4n) is 2.30. The molecule has 19 heavy (non-hydrogen) atoms. The van der Waals surface area contributed by atoms with Gasteiger partial charge in [0.05, 0.1) is 12.2 Å². The Kier molecular flexibility index (Phi) is 4.17. The lowest BCUT2D eigenvalue weighted by molar-refractivity contribution is -0.0625. The van der Waals surface area contributed by atoms with Gasteiger partial charge in [-0.1, -0.05) is 0 Å². The number of aryl methyl sites for hydroxylation is 1. The lowest BCUT2D eigenvalue weighted by Gasteiger charge is -2.36. The summed E-state index contributed by atoms with van der Waals surface area (Å²) in [6.07, 6.45) is -0.165. The molecule has 5 heteroatoms. The molecule has 2 atom stereocenters. The average molecular weight is 266 g/mol. The van der Waals surface area contributed by atoms with E-state index in [9.17, 15) is 9.18 Å². The molecule has 0 saturated carbocycles. The Hall–Kier alpha value is -1.46. The highest BCUT2D eigenvalue weighted by molar-refractivity contribution is 5.94. The van der Waals surface area contributed by atoms with Gasteiger partial charge in [0, 0.05) is 25.2 Å². The number of hydrogen-bond acceptors (Lipinski definition) is 3. The topological polar surface area (TPSA) is 55.6 Å². The van der Waals surface area contributed by atoms with Crippen LogP contribution in [0.1, 0.15) is 22.8 Å². The summed E-state index contributed by atoms with van der Waals surface area (Å²) >= 11 is 0. The van der Waals surface area contributed by atoms with Gasteiger partial charge in [0.15, 0.2) is 0 Å². The van der Waals surface area contributed by atoms with Crippen molar-refractivity contribution in [2.75, 3.05) is 19.6 Å². The van der Waals surface area contributed by atoms with E-state index < -0.39 is 0 Å². The van der Waals surface area contributed by atoms with Crippen molar-refractivity contribution in [1.29, 1.82) is 0 Å². The average Bonchev–Trinajstić information content (AvgIpc) is 2.40. The van der Waals surface area contributed by atoms with Crippen molar-refractivity contribution < 1.29 is 13.9 Å². The highest BCUT2D eigenvalue weighted by atomic mass is 19.1. The number of carbonyl (C=O) groups is 1. The maximum absolute atomic E-state index is 13.2. The Balaban J connectivity index is 2.16. The van der Waals surface area contributed by atoms with Crippen LogP contribution in [-0.2, 0) is 4.74 Å². The molecule has 0 radical (unpaired) electrons. The van der Waals surface area contributed by atoms with Gasteiger partial charge in [-0.25, -0.2) is 4.39 Å². The van der Waals surface area contributed by atoms with E-state index in [1.165, 1.54) is 12.1 Å². The van der Waals surface area contributed by atoms with E-state index in [2.05, 4.69) is 0 Å². The van der Waals surface area contributed by atoms with Crippen LogP contribution in [-0.4, -0.2) is 42.6 Å². The molecule has 1 fully saturated rings. The summed E-state index contributed by atoms with van der Waals surface area (Å²) in [7, 11) is 0. The summed E-state index contributed by atoms with van der Waals surface area (Å²) < 4.78 is 18.8. The first kappa shape index (κ1) is 14.0. The van der Waals surface area contributed by atoms with E-state index >= 15 is 0 Å². The fraction of sp³-hybridized carbons (Fsp3) is 0.500. The highest BCUT2D eigenvalue weighted by Crippen LogP contribution is 2.16. The first-order valence-electron chi connectivity index (χ1n) is 6.42. The molecule has 104 valence electrons. The van der Waals surface area contributed by atoms with E-state index in [1.54, 1.807) is 17.9 Å². The van der Waals surface area contributed by atoms with Gasteiger partial charge < -0.3 is 15.4 Å². The molecule has 0 bridgehead atoms. The smallest absolute Gasteiger partial charge is 0.254 e. The number of benzene rings is 1. The predicted octanol–water partition coefficient (Wildman–Crippen LogP) is 1.32. The van der Waals surface area contributed by atoms with Gasteiger partial charge in [-0.15, -0.1) is 0 Å². The number of nitrogens with zero attached hydrogens (tertiary/aromatic N) is 1. The van der Waals surface area contributed by atoms with Crippen LogP contribution in [0.4, 0.5) is 4.39 Å². The monoisotopic (exact) mass is 266 g/mol. The minimum absolute atomic E-state index is 0.0344. The number of ether oxygens (including phenoxy) is 1. The minimum atomic E-state index is -0.299. The second kappa shape index (κ2) is 5.67. The van der Waals surface area contributed by atoms with Crippen molar-refractivity contribution in [3.05, 3.63) is 35.1 Å². The number of rotatable bonds is 2. The number of amides is 1. The molecule has 2 rings (SSSR count). The summed E-state index contributed by atoms with van der Waals surface area (Å²) in [6.45, 7) is 4.97. The lowest BCUT2D eigenvalue weighted by atomic mass is 10.1. The molecule has 1 amide bonds. The summed E-state index contributed by atoms with van der Waals surface area (Å²) in [5, 5.41) is 0. The van der Waals surface area contributed by atoms with Crippen LogP contribution in [0, 0.1) is 12.7 Å². The van der Waals surface area contributed by atoms with Gasteiger partial charge in [0.2, 0.25) is 0 Å². The van der Waals surface area contributed by atoms with Crippen LogP contribution in [0.15, 0.2) is 18.2 Å². The quantitative estimate of drug-likeness (QED) is 0.878. The van der Waals surface area contributed by atoms with E-state index in [1.807, 2.05) is 6.92 Å². The van der Waals surface area contributed by atoms with Gasteiger partial charge in [0.1, 0.15) is 5.82 Å². The number of morpholine rings is 1. The Morgan fingerprint density at radius 3 is 2.89 bits per heavy atom. The molecule has 1 aromatic rings. The van der Waals surface area contributed by atoms with Crippen LogP contribution >= 0.6 is 0 Å². The third-order valence-corrected chi connectivity index (χ3v) is 3.28. The first-order valence-corrected chi connectivity index (χ1v) is 6.42. The van der Waals surface area contributed by atoms with E-state index in [4.69, 9.17) is 10.5 Å². The molecular weight excluding hydrogens is 247 g/mol. The van der Waals surface area contributed by atoms with E-state index in [0.717, 1.165) is 0 Å². The lowest BCUT2D eigenvalue weighted by Crippen LogP contribution is -2.51. The number of nitrogens with two attached hydrogens (primary N) is 1. The molecular formula is C14H19FN2O2. The second-order valence-corrected chi connectivity index (χ2v) is 4.98. The molecule has 2 N–H and O–H groups in total. The molecule has 1 aliphatic rings. The van der Waals surface area contributed by atoms with Gasteiger partial charge in [-0.3, -0.25) is 4.79 Å². The zero-order chi connectivity index (χ0) is 14.0. The van der Waals surface area contributed by atoms with E-state index in [0.29, 0.717) is 30.8 Å². The molecule has 0 aliphatic carbocycles. The van der Waals surface area contributed by atoms with Crippen molar-refractivity contribution in [3.63, 3.8) is 0 Å². The zero-order valence-corrected chi connectivity index (χ0v) is 11.2. The van der Waals surface area contributed by atoms with Gasteiger partial charge >= 0.3 is 0 Å². The molecule has 1 aliphatic heterocycles. The first-order chi connectivity index (χ1) is 9.01. The van der Waals surface area contributed by atoms with Gasteiger partial charge in [-0.2, -0.15) is 0 Å². The Morgan fingerprint density at radius 1 is 1.53 bits per heavy atom. The predicted molar refractivity (Wildman–Crippen MR) is 70.4 cm³/mol. The normalized spacial score (nSPS) is 23.5. The number of halogens is 1. The Labute approximate surface area is 112 Å². The molecule has 4 nitrogen and oxygen atoms in total. The molecule has 0 spiro atoms. The number of carbonyl (C=O) groups excluding carboxylic acids is 1. The maximum Gasteiger partial charge on any atom is 0.254 e. The van der Waals surface area contributed by atoms with Crippen LogP contribution in [0.3, 0.4) is 0 Å². The third-order valence-electron chi connectivity index (χ3n) is 3.28. The van der Waals surface area contributed by atoms with Crippen molar-refractivity contribution in [2.45, 2.75) is 26.1 Å². The van der Waals surface area contributed by atoms with Crippen molar-refractivity contribution in [3.8, 4) is 0 Å². The molecule has 0 aromatic heterocycles. The van der Waals surface area contributed by atoms with Crippen LogP contribution in [0.5, 0.6) is 0 Å².